The van der Waals surface area contributed by atoms with E-state index in [1.807, 2.05) is 11.9 Å². The Hall–Kier alpha value is -0.830. The molecule has 0 aliphatic carbocycles. The Balaban J connectivity index is 2.45. The molecule has 1 amide bonds. The van der Waals surface area contributed by atoms with Gasteiger partial charge in [0.25, 0.3) is 0 Å². The van der Waals surface area contributed by atoms with Crippen LogP contribution in [0.2, 0.25) is 0 Å². The van der Waals surface area contributed by atoms with E-state index in [4.69, 9.17) is 0 Å². The van der Waals surface area contributed by atoms with E-state index in [-0.39, 0.29) is 5.91 Å². The second-order valence-corrected chi connectivity index (χ2v) is 3.12. The average molecular weight is 168 g/mol. The minimum atomic E-state index is 0.0509. The van der Waals surface area contributed by atoms with E-state index in [0.29, 0.717) is 6.04 Å². The largest absolute Gasteiger partial charge is 0.338 e. The fourth-order valence-corrected chi connectivity index (χ4v) is 1.54. The molecule has 1 heterocycles. The molecule has 1 N–H and O–H groups in total. The molecular weight excluding hydrogens is 152 g/mol. The minimum Gasteiger partial charge on any atom is -0.338 e. The summed E-state index contributed by atoms with van der Waals surface area (Å²) in [6.07, 6.45) is 3.64. The van der Waals surface area contributed by atoms with Gasteiger partial charge in [-0.3, -0.25) is 4.79 Å². The first-order valence-electron chi connectivity index (χ1n) is 4.36. The zero-order chi connectivity index (χ0) is 8.97. The first kappa shape index (κ1) is 9.26. The third-order valence-electron chi connectivity index (χ3n) is 2.32. The molecule has 1 atom stereocenters. The predicted molar refractivity (Wildman–Crippen MR) is 48.9 cm³/mol. The molecule has 1 aliphatic rings. The van der Waals surface area contributed by atoms with Crippen LogP contribution in [-0.4, -0.2) is 37.0 Å². The molecule has 1 rings (SSSR count). The summed E-state index contributed by atoms with van der Waals surface area (Å²) in [7, 11) is 1.94. The Kier molecular flexibility index (Phi) is 3.29. The number of nitrogens with zero attached hydrogens (tertiary/aromatic N) is 1. The molecule has 12 heavy (non-hydrogen) atoms. The molecular formula is C9H16N2O. The van der Waals surface area contributed by atoms with E-state index in [1.54, 1.807) is 0 Å². The lowest BCUT2D eigenvalue weighted by Gasteiger charge is -2.31. The Morgan fingerprint density at radius 1 is 1.75 bits per heavy atom. The first-order valence-corrected chi connectivity index (χ1v) is 4.36. The van der Waals surface area contributed by atoms with Crippen molar-refractivity contribution in [2.75, 3.05) is 20.1 Å². The highest BCUT2D eigenvalue weighted by atomic mass is 16.2. The van der Waals surface area contributed by atoms with Crippen LogP contribution in [0.1, 0.15) is 12.8 Å². The smallest absolute Gasteiger partial charge is 0.246 e. The fourth-order valence-electron chi connectivity index (χ4n) is 1.54. The van der Waals surface area contributed by atoms with Gasteiger partial charge in [-0.05, 0) is 26.0 Å². The lowest BCUT2D eigenvalue weighted by Crippen LogP contribution is -2.46. The zero-order valence-electron chi connectivity index (χ0n) is 7.55. The second-order valence-electron chi connectivity index (χ2n) is 3.12. The highest BCUT2D eigenvalue weighted by Gasteiger charge is 2.20. The predicted octanol–water partition coefficient (Wildman–Crippen LogP) is 0.383. The highest BCUT2D eigenvalue weighted by molar-refractivity contribution is 5.87. The van der Waals surface area contributed by atoms with E-state index in [9.17, 15) is 4.79 Å². The number of hydrogen-bond acceptors (Lipinski definition) is 2. The van der Waals surface area contributed by atoms with Crippen molar-refractivity contribution in [2.24, 2.45) is 0 Å². The Bertz CT molecular complexity index is 179. The van der Waals surface area contributed by atoms with Gasteiger partial charge in [-0.25, -0.2) is 0 Å². The SMILES string of the molecule is C=CC(=O)N1CCC[C@@H](NC)C1. The van der Waals surface area contributed by atoms with Crippen LogP contribution in [0.4, 0.5) is 0 Å². The number of likely N-dealkylation sites (tertiary alicyclic amines) is 1. The zero-order valence-corrected chi connectivity index (χ0v) is 7.55. The molecule has 68 valence electrons. The monoisotopic (exact) mass is 168 g/mol. The van der Waals surface area contributed by atoms with Crippen molar-refractivity contribution in [3.05, 3.63) is 12.7 Å². The topological polar surface area (TPSA) is 32.3 Å². The van der Waals surface area contributed by atoms with Crippen LogP contribution in [0, 0.1) is 0 Å². The maximum atomic E-state index is 11.2. The molecule has 0 aromatic rings. The van der Waals surface area contributed by atoms with Crippen molar-refractivity contribution in [3.63, 3.8) is 0 Å². The van der Waals surface area contributed by atoms with Crippen molar-refractivity contribution in [1.82, 2.24) is 10.2 Å². The standard InChI is InChI=1S/C9H16N2O/c1-3-9(12)11-6-4-5-8(7-11)10-2/h3,8,10H,1,4-7H2,2H3/t8-/m1/s1. The lowest BCUT2D eigenvalue weighted by atomic mass is 10.1. The van der Waals surface area contributed by atoms with Crippen LogP contribution in [0.25, 0.3) is 0 Å². The minimum absolute atomic E-state index is 0.0509. The van der Waals surface area contributed by atoms with E-state index >= 15 is 0 Å². The van der Waals surface area contributed by atoms with Crippen LogP contribution in [0.3, 0.4) is 0 Å². The van der Waals surface area contributed by atoms with E-state index in [0.717, 1.165) is 25.9 Å². The summed E-state index contributed by atoms with van der Waals surface area (Å²) in [4.78, 5) is 13.1. The Morgan fingerprint density at radius 3 is 3.08 bits per heavy atom. The summed E-state index contributed by atoms with van der Waals surface area (Å²) < 4.78 is 0. The lowest BCUT2D eigenvalue weighted by molar-refractivity contribution is -0.127. The molecule has 0 unspecified atom stereocenters. The normalized spacial score (nSPS) is 23.8. The van der Waals surface area contributed by atoms with Gasteiger partial charge in [0, 0.05) is 19.1 Å². The second kappa shape index (κ2) is 4.26. The summed E-state index contributed by atoms with van der Waals surface area (Å²) in [5.41, 5.74) is 0. The van der Waals surface area contributed by atoms with Crippen molar-refractivity contribution in [1.29, 1.82) is 0 Å². The number of likely N-dealkylation sites (N-methyl/N-ethyl adjacent to an activating group) is 1. The van der Waals surface area contributed by atoms with Crippen molar-refractivity contribution in [3.8, 4) is 0 Å². The van der Waals surface area contributed by atoms with Gasteiger partial charge >= 0.3 is 0 Å². The number of amides is 1. The number of hydrogen-bond donors (Lipinski definition) is 1. The number of carbonyl (C=O) groups excluding carboxylic acids is 1. The Morgan fingerprint density at radius 2 is 2.50 bits per heavy atom. The number of piperidine rings is 1. The van der Waals surface area contributed by atoms with Crippen molar-refractivity contribution < 1.29 is 4.79 Å². The van der Waals surface area contributed by atoms with Crippen LogP contribution in [-0.2, 0) is 4.79 Å². The van der Waals surface area contributed by atoms with Gasteiger partial charge < -0.3 is 10.2 Å². The van der Waals surface area contributed by atoms with Gasteiger partial charge in [0.1, 0.15) is 0 Å². The number of rotatable bonds is 2. The van der Waals surface area contributed by atoms with Crippen LogP contribution in [0.15, 0.2) is 12.7 Å². The van der Waals surface area contributed by atoms with Gasteiger partial charge in [0.15, 0.2) is 0 Å². The maximum absolute atomic E-state index is 11.2. The summed E-state index contributed by atoms with van der Waals surface area (Å²) in [5, 5.41) is 3.18. The summed E-state index contributed by atoms with van der Waals surface area (Å²) in [5.74, 6) is 0.0509. The molecule has 0 saturated carbocycles. The fraction of sp³-hybridized carbons (Fsp3) is 0.667. The molecule has 0 spiro atoms. The molecule has 0 bridgehead atoms. The molecule has 3 nitrogen and oxygen atoms in total. The van der Waals surface area contributed by atoms with Crippen molar-refractivity contribution >= 4 is 5.91 Å². The van der Waals surface area contributed by atoms with E-state index in [2.05, 4.69) is 11.9 Å². The third kappa shape index (κ3) is 2.08. The molecule has 0 aromatic carbocycles. The third-order valence-corrected chi connectivity index (χ3v) is 2.32. The van der Waals surface area contributed by atoms with Crippen LogP contribution >= 0.6 is 0 Å². The Labute approximate surface area is 73.4 Å². The average Bonchev–Trinajstić information content (AvgIpc) is 2.17. The molecule has 1 aliphatic heterocycles. The van der Waals surface area contributed by atoms with Gasteiger partial charge in [-0.1, -0.05) is 6.58 Å². The molecule has 0 radical (unpaired) electrons. The molecule has 3 heteroatoms. The van der Waals surface area contributed by atoms with E-state index < -0.39 is 0 Å². The molecule has 0 aromatic heterocycles. The highest BCUT2D eigenvalue weighted by Crippen LogP contribution is 2.09. The summed E-state index contributed by atoms with van der Waals surface area (Å²) in [6, 6.07) is 0.461. The van der Waals surface area contributed by atoms with Gasteiger partial charge in [0.2, 0.25) is 5.91 Å². The van der Waals surface area contributed by atoms with Crippen LogP contribution < -0.4 is 5.32 Å². The van der Waals surface area contributed by atoms with Crippen LogP contribution in [0.5, 0.6) is 0 Å². The van der Waals surface area contributed by atoms with Gasteiger partial charge in [0.05, 0.1) is 0 Å². The number of carbonyl (C=O) groups is 1. The molecule has 1 fully saturated rings. The van der Waals surface area contributed by atoms with Gasteiger partial charge in [-0.2, -0.15) is 0 Å². The van der Waals surface area contributed by atoms with Crippen molar-refractivity contribution in [2.45, 2.75) is 18.9 Å². The number of nitrogens with one attached hydrogen (secondary N) is 1. The first-order chi connectivity index (χ1) is 5.77. The quantitative estimate of drug-likeness (QED) is 0.605. The molecule has 1 saturated heterocycles. The van der Waals surface area contributed by atoms with E-state index in [1.165, 1.54) is 6.08 Å². The summed E-state index contributed by atoms with van der Waals surface area (Å²) >= 11 is 0. The summed E-state index contributed by atoms with van der Waals surface area (Å²) in [6.45, 7) is 5.17. The van der Waals surface area contributed by atoms with Gasteiger partial charge in [-0.15, -0.1) is 0 Å². The maximum Gasteiger partial charge on any atom is 0.246 e.